The standard InChI is InChI=1S/C14H10O4S2.2C13H22N/c15-13(16)9-5-1-3-7-11(9)19-20-12-8-4-2-6-10(12)14(17)18;2*1-4-14(5-2,6-3)12-13-10-8-7-9-11-13/h1-8H,(H,15,16)(H,17,18);2*7-11H,4-6,12H2,1-3H3/q;2*+1. The van der Waals surface area contributed by atoms with Crippen molar-refractivity contribution in [1.82, 2.24) is 0 Å². The highest BCUT2D eigenvalue weighted by Gasteiger charge is 2.21. The number of aromatic carboxylic acids is 2. The molecule has 0 atom stereocenters. The lowest BCUT2D eigenvalue weighted by Gasteiger charge is -2.35. The molecule has 0 aliphatic carbocycles. The Labute approximate surface area is 296 Å². The van der Waals surface area contributed by atoms with Crippen LogP contribution in [0, 0.1) is 0 Å². The third kappa shape index (κ3) is 12.8. The molecule has 0 radical (unpaired) electrons. The molecule has 258 valence electrons. The fraction of sp³-hybridized carbons (Fsp3) is 0.350. The Balaban J connectivity index is 0.000000257. The maximum atomic E-state index is 11.1. The first-order valence-electron chi connectivity index (χ1n) is 16.9. The highest BCUT2D eigenvalue weighted by Crippen LogP contribution is 2.40. The summed E-state index contributed by atoms with van der Waals surface area (Å²) in [6.07, 6.45) is 0. The predicted molar refractivity (Wildman–Crippen MR) is 203 cm³/mol. The number of carboxylic acids is 2. The van der Waals surface area contributed by atoms with Crippen molar-refractivity contribution in [2.75, 3.05) is 39.3 Å². The van der Waals surface area contributed by atoms with Crippen LogP contribution in [0.25, 0.3) is 0 Å². The molecular weight excluding hydrogens is 637 g/mol. The second kappa shape index (κ2) is 21.4. The van der Waals surface area contributed by atoms with Gasteiger partial charge in [-0.1, -0.05) is 107 Å². The SMILES string of the molecule is CC[N+](CC)(CC)Cc1ccccc1.CC[N+](CC)(CC)Cc1ccccc1.O=C(O)c1ccccc1SSc1ccccc1C(=O)O. The van der Waals surface area contributed by atoms with Gasteiger partial charge in [-0.25, -0.2) is 9.59 Å². The maximum absolute atomic E-state index is 11.1. The van der Waals surface area contributed by atoms with Gasteiger partial charge in [0.15, 0.2) is 0 Å². The molecule has 0 aromatic heterocycles. The lowest BCUT2D eigenvalue weighted by atomic mass is 10.2. The number of rotatable bonds is 15. The van der Waals surface area contributed by atoms with Crippen LogP contribution < -0.4 is 0 Å². The van der Waals surface area contributed by atoms with Crippen LogP contribution in [-0.2, 0) is 13.1 Å². The minimum absolute atomic E-state index is 0.206. The molecule has 4 aromatic carbocycles. The van der Waals surface area contributed by atoms with Crippen LogP contribution in [0.5, 0.6) is 0 Å². The number of benzene rings is 4. The summed E-state index contributed by atoms with van der Waals surface area (Å²) in [7, 11) is 2.47. The van der Waals surface area contributed by atoms with Gasteiger partial charge in [0.25, 0.3) is 0 Å². The van der Waals surface area contributed by atoms with Crippen molar-refractivity contribution >= 4 is 33.5 Å². The zero-order valence-electron chi connectivity index (χ0n) is 29.5. The van der Waals surface area contributed by atoms with Gasteiger partial charge in [0, 0.05) is 20.9 Å². The monoisotopic (exact) mass is 690 g/mol. The van der Waals surface area contributed by atoms with Gasteiger partial charge in [0.2, 0.25) is 0 Å². The van der Waals surface area contributed by atoms with E-state index in [1.54, 1.807) is 36.4 Å². The minimum atomic E-state index is -1.000. The largest absolute Gasteiger partial charge is 0.478 e. The van der Waals surface area contributed by atoms with Gasteiger partial charge < -0.3 is 19.2 Å². The van der Waals surface area contributed by atoms with Gasteiger partial charge in [0.05, 0.1) is 50.4 Å². The first kappa shape index (κ1) is 40.6. The third-order valence-corrected chi connectivity index (χ3v) is 11.7. The number of carbonyl (C=O) groups is 2. The van der Waals surface area contributed by atoms with E-state index in [-0.39, 0.29) is 11.1 Å². The van der Waals surface area contributed by atoms with Crippen molar-refractivity contribution in [3.8, 4) is 0 Å². The summed E-state index contributed by atoms with van der Waals surface area (Å²) in [5, 5.41) is 18.2. The van der Waals surface area contributed by atoms with Crippen LogP contribution in [-0.4, -0.2) is 70.4 Å². The lowest BCUT2D eigenvalue weighted by Crippen LogP contribution is -2.46. The van der Waals surface area contributed by atoms with Crippen molar-refractivity contribution < 1.29 is 28.8 Å². The number of carboxylic acid groups (broad SMARTS) is 2. The highest BCUT2D eigenvalue weighted by atomic mass is 33.1. The minimum Gasteiger partial charge on any atom is -0.478 e. The van der Waals surface area contributed by atoms with E-state index < -0.39 is 11.9 Å². The molecule has 0 heterocycles. The molecular formula is C40H54N2O4S2+2. The van der Waals surface area contributed by atoms with Crippen LogP contribution in [0.3, 0.4) is 0 Å². The number of nitrogens with zero attached hydrogens (tertiary/aromatic N) is 2. The van der Waals surface area contributed by atoms with E-state index in [9.17, 15) is 9.59 Å². The average molecular weight is 691 g/mol. The molecule has 0 aliphatic rings. The Morgan fingerprint density at radius 3 is 1.00 bits per heavy atom. The normalized spacial score (nSPS) is 11.0. The van der Waals surface area contributed by atoms with Crippen LogP contribution in [0.4, 0.5) is 0 Å². The molecule has 0 spiro atoms. The van der Waals surface area contributed by atoms with E-state index >= 15 is 0 Å². The van der Waals surface area contributed by atoms with E-state index in [2.05, 4.69) is 102 Å². The van der Waals surface area contributed by atoms with E-state index in [4.69, 9.17) is 10.2 Å². The number of hydrogen-bond donors (Lipinski definition) is 2. The van der Waals surface area contributed by atoms with Gasteiger partial charge in [0.1, 0.15) is 13.1 Å². The third-order valence-electron chi connectivity index (χ3n) is 9.20. The molecule has 8 heteroatoms. The fourth-order valence-electron chi connectivity index (χ4n) is 5.48. The fourth-order valence-corrected chi connectivity index (χ4v) is 7.82. The molecule has 0 fully saturated rings. The Kier molecular flexibility index (Phi) is 18.1. The van der Waals surface area contributed by atoms with Crippen molar-refractivity contribution in [3.05, 3.63) is 131 Å². The summed E-state index contributed by atoms with van der Waals surface area (Å²) in [6, 6.07) is 34.9. The summed E-state index contributed by atoms with van der Waals surface area (Å²) in [4.78, 5) is 23.4. The van der Waals surface area contributed by atoms with Gasteiger partial charge >= 0.3 is 11.9 Å². The van der Waals surface area contributed by atoms with Crippen LogP contribution in [0.2, 0.25) is 0 Å². The van der Waals surface area contributed by atoms with Gasteiger partial charge in [-0.15, -0.1) is 0 Å². The lowest BCUT2D eigenvalue weighted by molar-refractivity contribution is -0.936. The molecule has 0 saturated carbocycles. The quantitative estimate of drug-likeness (QED) is 0.0956. The molecule has 2 N–H and O–H groups in total. The zero-order chi connectivity index (χ0) is 35.4. The van der Waals surface area contributed by atoms with Crippen molar-refractivity contribution in [3.63, 3.8) is 0 Å². The second-order valence-electron chi connectivity index (χ2n) is 11.6. The van der Waals surface area contributed by atoms with Crippen LogP contribution >= 0.6 is 21.6 Å². The predicted octanol–water partition coefficient (Wildman–Crippen LogP) is 10.0. The Hall–Kier alpha value is -3.56. The van der Waals surface area contributed by atoms with Crippen molar-refractivity contribution in [2.45, 2.75) is 64.4 Å². The summed E-state index contributed by atoms with van der Waals surface area (Å²) in [5.74, 6) is -2.00. The molecule has 0 bridgehead atoms. The topological polar surface area (TPSA) is 74.6 Å². The molecule has 0 amide bonds. The molecule has 4 aromatic rings. The van der Waals surface area contributed by atoms with E-state index in [0.717, 1.165) is 0 Å². The van der Waals surface area contributed by atoms with Crippen molar-refractivity contribution in [1.29, 1.82) is 0 Å². The van der Waals surface area contributed by atoms with Gasteiger partial charge in [-0.2, -0.15) is 0 Å². The van der Waals surface area contributed by atoms with Gasteiger partial charge in [-0.3, -0.25) is 0 Å². The molecule has 6 nitrogen and oxygen atoms in total. The van der Waals surface area contributed by atoms with Crippen LogP contribution in [0.15, 0.2) is 119 Å². The molecule has 0 saturated heterocycles. The molecule has 4 rings (SSSR count). The first-order chi connectivity index (χ1) is 23.1. The first-order valence-corrected chi connectivity index (χ1v) is 19.0. The molecule has 0 aliphatic heterocycles. The smallest absolute Gasteiger partial charge is 0.336 e. The van der Waals surface area contributed by atoms with E-state index in [1.807, 2.05) is 0 Å². The van der Waals surface area contributed by atoms with Gasteiger partial charge in [-0.05, 0) is 65.8 Å². The Morgan fingerprint density at radius 1 is 0.458 bits per heavy atom. The van der Waals surface area contributed by atoms with E-state index in [1.165, 1.54) is 106 Å². The Bertz CT molecular complexity index is 1380. The average Bonchev–Trinajstić information content (AvgIpc) is 3.13. The summed E-state index contributed by atoms with van der Waals surface area (Å²) < 4.78 is 2.40. The molecule has 0 unspecified atom stereocenters. The molecule has 48 heavy (non-hydrogen) atoms. The zero-order valence-corrected chi connectivity index (χ0v) is 31.1. The number of quaternary nitrogens is 2. The summed E-state index contributed by atoms with van der Waals surface area (Å²) in [5.41, 5.74) is 3.33. The highest BCUT2D eigenvalue weighted by molar-refractivity contribution is 8.76. The Morgan fingerprint density at radius 2 is 0.729 bits per heavy atom. The van der Waals surface area contributed by atoms with Crippen molar-refractivity contribution in [2.24, 2.45) is 0 Å². The summed E-state index contributed by atoms with van der Waals surface area (Å²) >= 11 is 0. The number of hydrogen-bond acceptors (Lipinski definition) is 4. The maximum Gasteiger partial charge on any atom is 0.336 e. The van der Waals surface area contributed by atoms with Crippen LogP contribution in [0.1, 0.15) is 73.4 Å². The summed E-state index contributed by atoms with van der Waals surface area (Å²) in [6.45, 7) is 23.4. The van der Waals surface area contributed by atoms with E-state index in [0.29, 0.717) is 9.79 Å². The second-order valence-corrected chi connectivity index (χ2v) is 13.9.